The van der Waals surface area contributed by atoms with Gasteiger partial charge in [0.2, 0.25) is 5.91 Å². The monoisotopic (exact) mass is 318 g/mol. The Bertz CT molecular complexity index is 375. The molecule has 1 amide bonds. The number of rotatable bonds is 5. The van der Waals surface area contributed by atoms with Gasteiger partial charge in [0, 0.05) is 25.0 Å². The van der Waals surface area contributed by atoms with Gasteiger partial charge in [-0.3, -0.25) is 9.59 Å². The minimum absolute atomic E-state index is 0. The SMILES string of the molecule is COC(=O)C(C)(C)CNC(=O)CC1CC2CCC(C1)N2.Cl. The van der Waals surface area contributed by atoms with Crippen molar-refractivity contribution in [2.75, 3.05) is 13.7 Å². The molecule has 0 aromatic heterocycles. The maximum absolute atomic E-state index is 12.0. The summed E-state index contributed by atoms with van der Waals surface area (Å²) in [4.78, 5) is 23.6. The van der Waals surface area contributed by atoms with Gasteiger partial charge >= 0.3 is 5.97 Å². The van der Waals surface area contributed by atoms with E-state index in [0.29, 0.717) is 31.0 Å². The number of nitrogens with one attached hydrogen (secondary N) is 2. The topological polar surface area (TPSA) is 67.4 Å². The first-order valence-electron chi connectivity index (χ1n) is 7.52. The van der Waals surface area contributed by atoms with Crippen molar-refractivity contribution in [3.63, 3.8) is 0 Å². The lowest BCUT2D eigenvalue weighted by Crippen LogP contribution is -2.42. The summed E-state index contributed by atoms with van der Waals surface area (Å²) in [5.74, 6) is 0.237. The smallest absolute Gasteiger partial charge is 0.313 e. The molecule has 0 aromatic carbocycles. The Kier molecular flexibility index (Phi) is 6.47. The van der Waals surface area contributed by atoms with E-state index >= 15 is 0 Å². The third-order valence-electron chi connectivity index (χ3n) is 4.51. The van der Waals surface area contributed by atoms with Crippen LogP contribution >= 0.6 is 12.4 Å². The number of hydrogen-bond donors (Lipinski definition) is 2. The third kappa shape index (κ3) is 4.85. The van der Waals surface area contributed by atoms with E-state index in [4.69, 9.17) is 4.74 Å². The van der Waals surface area contributed by atoms with Gasteiger partial charge in [-0.05, 0) is 45.4 Å². The van der Waals surface area contributed by atoms with Crippen LogP contribution < -0.4 is 10.6 Å². The Labute approximate surface area is 133 Å². The van der Waals surface area contributed by atoms with Gasteiger partial charge in [0.15, 0.2) is 0 Å². The molecule has 5 nitrogen and oxygen atoms in total. The van der Waals surface area contributed by atoms with Gasteiger partial charge in [-0.25, -0.2) is 0 Å². The van der Waals surface area contributed by atoms with Crippen molar-refractivity contribution in [3.8, 4) is 0 Å². The number of halogens is 1. The first-order valence-corrected chi connectivity index (χ1v) is 7.52. The Morgan fingerprint density at radius 2 is 1.81 bits per heavy atom. The second-order valence-electron chi connectivity index (χ2n) is 6.83. The van der Waals surface area contributed by atoms with Crippen LogP contribution in [0.5, 0.6) is 0 Å². The van der Waals surface area contributed by atoms with Crippen LogP contribution in [-0.4, -0.2) is 37.6 Å². The van der Waals surface area contributed by atoms with Crippen LogP contribution in [0.15, 0.2) is 0 Å². The summed E-state index contributed by atoms with van der Waals surface area (Å²) in [6, 6.07) is 1.22. The normalized spacial score (nSPS) is 27.7. The first kappa shape index (κ1) is 18.2. The molecule has 0 radical (unpaired) electrons. The van der Waals surface area contributed by atoms with Gasteiger partial charge in [-0.2, -0.15) is 0 Å². The van der Waals surface area contributed by atoms with E-state index in [1.54, 1.807) is 13.8 Å². The Morgan fingerprint density at radius 1 is 1.24 bits per heavy atom. The molecule has 2 heterocycles. The number of piperidine rings is 1. The largest absolute Gasteiger partial charge is 0.469 e. The number of hydrogen-bond acceptors (Lipinski definition) is 4. The van der Waals surface area contributed by atoms with Gasteiger partial charge in [0.1, 0.15) is 0 Å². The maximum atomic E-state index is 12.0. The van der Waals surface area contributed by atoms with E-state index in [2.05, 4.69) is 10.6 Å². The van der Waals surface area contributed by atoms with Crippen molar-refractivity contribution in [2.24, 2.45) is 11.3 Å². The predicted octanol–water partition coefficient (Wildman–Crippen LogP) is 1.64. The number of carbonyl (C=O) groups is 2. The Balaban J connectivity index is 0.00000220. The molecule has 0 saturated carbocycles. The molecular formula is C15H27ClN2O3. The highest BCUT2D eigenvalue weighted by Crippen LogP contribution is 2.32. The molecule has 2 fully saturated rings. The average molecular weight is 319 g/mol. The quantitative estimate of drug-likeness (QED) is 0.756. The number of carbonyl (C=O) groups excluding carboxylic acids is 2. The van der Waals surface area contributed by atoms with Crippen molar-refractivity contribution in [1.82, 2.24) is 10.6 Å². The first-order chi connectivity index (χ1) is 9.40. The van der Waals surface area contributed by atoms with Crippen LogP contribution in [0.3, 0.4) is 0 Å². The van der Waals surface area contributed by atoms with Gasteiger partial charge in [-0.1, -0.05) is 0 Å². The molecule has 2 atom stereocenters. The van der Waals surface area contributed by atoms with Gasteiger partial charge in [-0.15, -0.1) is 12.4 Å². The van der Waals surface area contributed by atoms with Crippen molar-refractivity contribution in [2.45, 2.75) is 58.0 Å². The molecule has 2 saturated heterocycles. The van der Waals surface area contributed by atoms with Crippen LogP contribution in [0, 0.1) is 11.3 Å². The summed E-state index contributed by atoms with van der Waals surface area (Å²) in [6.45, 7) is 3.89. The minimum atomic E-state index is -0.669. The molecule has 6 heteroatoms. The van der Waals surface area contributed by atoms with E-state index in [0.717, 1.165) is 12.8 Å². The van der Waals surface area contributed by atoms with E-state index in [9.17, 15) is 9.59 Å². The number of fused-ring (bicyclic) bond motifs is 2. The molecule has 21 heavy (non-hydrogen) atoms. The summed E-state index contributed by atoms with van der Waals surface area (Å²) < 4.78 is 4.74. The molecule has 2 N–H and O–H groups in total. The summed E-state index contributed by atoms with van der Waals surface area (Å²) in [5.41, 5.74) is -0.669. The minimum Gasteiger partial charge on any atom is -0.469 e. The fraction of sp³-hybridized carbons (Fsp3) is 0.867. The summed E-state index contributed by atoms with van der Waals surface area (Å²) >= 11 is 0. The van der Waals surface area contributed by atoms with Crippen LogP contribution in [0.1, 0.15) is 46.0 Å². The zero-order valence-electron chi connectivity index (χ0n) is 13.1. The molecule has 122 valence electrons. The molecule has 2 aliphatic rings. The number of esters is 1. The van der Waals surface area contributed by atoms with Crippen LogP contribution in [0.4, 0.5) is 0 Å². The van der Waals surface area contributed by atoms with Crippen molar-refractivity contribution in [1.29, 1.82) is 0 Å². The zero-order chi connectivity index (χ0) is 14.8. The zero-order valence-corrected chi connectivity index (χ0v) is 13.9. The van der Waals surface area contributed by atoms with E-state index in [-0.39, 0.29) is 24.3 Å². The molecule has 2 aliphatic heterocycles. The Morgan fingerprint density at radius 3 is 2.33 bits per heavy atom. The lowest BCUT2D eigenvalue weighted by molar-refractivity contribution is -0.150. The molecule has 2 bridgehead atoms. The summed E-state index contributed by atoms with van der Waals surface area (Å²) in [5, 5.41) is 6.45. The molecule has 0 spiro atoms. The highest BCUT2D eigenvalue weighted by molar-refractivity contribution is 5.85. The second kappa shape index (κ2) is 7.45. The van der Waals surface area contributed by atoms with Crippen LogP contribution in [-0.2, 0) is 14.3 Å². The van der Waals surface area contributed by atoms with Gasteiger partial charge in [0.25, 0.3) is 0 Å². The molecule has 2 unspecified atom stereocenters. The van der Waals surface area contributed by atoms with Crippen LogP contribution in [0.25, 0.3) is 0 Å². The van der Waals surface area contributed by atoms with Crippen molar-refractivity contribution < 1.29 is 14.3 Å². The summed E-state index contributed by atoms with van der Waals surface area (Å²) in [6.07, 6.45) is 5.27. The maximum Gasteiger partial charge on any atom is 0.313 e. The molecular weight excluding hydrogens is 292 g/mol. The second-order valence-corrected chi connectivity index (χ2v) is 6.83. The highest BCUT2D eigenvalue weighted by Gasteiger charge is 2.34. The average Bonchev–Trinajstić information content (AvgIpc) is 2.75. The fourth-order valence-electron chi connectivity index (χ4n) is 3.34. The van der Waals surface area contributed by atoms with Crippen molar-refractivity contribution in [3.05, 3.63) is 0 Å². The number of ether oxygens (including phenoxy) is 1. The third-order valence-corrected chi connectivity index (χ3v) is 4.51. The van der Waals surface area contributed by atoms with Gasteiger partial charge in [0.05, 0.1) is 12.5 Å². The molecule has 0 aromatic rings. The number of methoxy groups -OCH3 is 1. The summed E-state index contributed by atoms with van der Waals surface area (Å²) in [7, 11) is 1.37. The van der Waals surface area contributed by atoms with E-state index in [1.165, 1.54) is 20.0 Å². The molecule has 0 aliphatic carbocycles. The highest BCUT2D eigenvalue weighted by atomic mass is 35.5. The van der Waals surface area contributed by atoms with Gasteiger partial charge < -0.3 is 15.4 Å². The number of amides is 1. The predicted molar refractivity (Wildman–Crippen MR) is 83.3 cm³/mol. The lowest BCUT2D eigenvalue weighted by atomic mass is 9.89. The molecule has 2 rings (SSSR count). The lowest BCUT2D eigenvalue weighted by Gasteiger charge is -2.29. The van der Waals surface area contributed by atoms with E-state index in [1.807, 2.05) is 0 Å². The van der Waals surface area contributed by atoms with Crippen LogP contribution in [0.2, 0.25) is 0 Å². The van der Waals surface area contributed by atoms with Crippen molar-refractivity contribution >= 4 is 24.3 Å². The Hall–Kier alpha value is -0.810. The van der Waals surface area contributed by atoms with E-state index < -0.39 is 5.41 Å². The standard InChI is InChI=1S/C15H26N2O3.ClH/c1-15(2,14(19)20-3)9-16-13(18)8-10-6-11-4-5-12(7-10)17-11;/h10-12,17H,4-9H2,1-3H3,(H,16,18);1H. The fourth-order valence-corrected chi connectivity index (χ4v) is 3.34.